The molecule has 1 aromatic carbocycles. The summed E-state index contributed by atoms with van der Waals surface area (Å²) in [5, 5.41) is 9.02. The van der Waals surface area contributed by atoms with E-state index < -0.39 is 5.97 Å². The van der Waals surface area contributed by atoms with Crippen LogP contribution in [-0.2, 0) is 7.05 Å². The Morgan fingerprint density at radius 3 is 2.58 bits per heavy atom. The van der Waals surface area contributed by atoms with Gasteiger partial charge in [0.2, 0.25) is 0 Å². The van der Waals surface area contributed by atoms with Crippen molar-refractivity contribution in [3.63, 3.8) is 0 Å². The van der Waals surface area contributed by atoms with E-state index >= 15 is 0 Å². The number of rotatable bonds is 4. The number of ether oxygens (including phenoxy) is 2. The molecule has 1 aromatic heterocycles. The third kappa shape index (κ3) is 2.24. The van der Waals surface area contributed by atoms with Gasteiger partial charge in [-0.05, 0) is 12.1 Å². The van der Waals surface area contributed by atoms with Crippen LogP contribution in [0.2, 0.25) is 0 Å². The molecule has 0 spiro atoms. The van der Waals surface area contributed by atoms with Crippen molar-refractivity contribution in [3.05, 3.63) is 30.1 Å². The van der Waals surface area contributed by atoms with Crippen molar-refractivity contribution < 1.29 is 19.4 Å². The molecule has 0 fully saturated rings. The molecule has 0 aliphatic heterocycles. The molecule has 0 atom stereocenters. The Labute approximate surface area is 110 Å². The van der Waals surface area contributed by atoms with Crippen LogP contribution in [0.4, 0.5) is 0 Å². The summed E-state index contributed by atoms with van der Waals surface area (Å²) in [4.78, 5) is 15.1. The van der Waals surface area contributed by atoms with Crippen LogP contribution in [0.15, 0.2) is 24.4 Å². The molecule has 1 N–H and O–H groups in total. The maximum absolute atomic E-state index is 11.0. The quantitative estimate of drug-likeness (QED) is 0.909. The minimum atomic E-state index is -1.02. The van der Waals surface area contributed by atoms with Gasteiger partial charge in [-0.15, -0.1) is 0 Å². The van der Waals surface area contributed by atoms with Gasteiger partial charge in [-0.2, -0.15) is 0 Å². The largest absolute Gasteiger partial charge is 0.497 e. The molecular weight excluding hydrogens is 248 g/mol. The molecule has 6 heteroatoms. The molecule has 6 nitrogen and oxygen atoms in total. The van der Waals surface area contributed by atoms with Gasteiger partial charge in [0.05, 0.1) is 26.0 Å². The number of carbonyl (C=O) groups is 1. The minimum absolute atomic E-state index is 0.118. The van der Waals surface area contributed by atoms with Gasteiger partial charge in [0.15, 0.2) is 0 Å². The molecule has 0 aliphatic rings. The average Bonchev–Trinajstić information content (AvgIpc) is 2.79. The highest BCUT2D eigenvalue weighted by Gasteiger charge is 2.17. The number of imidazole rings is 1. The van der Waals surface area contributed by atoms with Gasteiger partial charge < -0.3 is 19.1 Å². The molecule has 100 valence electrons. The smallest absolute Gasteiger partial charge is 0.354 e. The molecule has 0 saturated carbocycles. The maximum Gasteiger partial charge on any atom is 0.354 e. The number of aromatic carboxylic acids is 1. The van der Waals surface area contributed by atoms with Gasteiger partial charge in [-0.1, -0.05) is 0 Å². The number of carboxylic acid groups (broad SMARTS) is 1. The Morgan fingerprint density at radius 1 is 1.32 bits per heavy atom. The van der Waals surface area contributed by atoms with Crippen LogP contribution >= 0.6 is 0 Å². The molecule has 0 radical (unpaired) electrons. The third-order valence-corrected chi connectivity index (χ3v) is 2.86. The summed E-state index contributed by atoms with van der Waals surface area (Å²) in [6.07, 6.45) is 1.32. The fourth-order valence-electron chi connectivity index (χ4n) is 1.84. The van der Waals surface area contributed by atoms with Crippen molar-refractivity contribution in [2.75, 3.05) is 14.2 Å². The first-order valence-corrected chi connectivity index (χ1v) is 5.56. The number of hydrogen-bond acceptors (Lipinski definition) is 4. The molecule has 0 aliphatic carbocycles. The average molecular weight is 262 g/mol. The van der Waals surface area contributed by atoms with Gasteiger partial charge in [0.25, 0.3) is 0 Å². The van der Waals surface area contributed by atoms with Gasteiger partial charge in [-0.3, -0.25) is 0 Å². The highest BCUT2D eigenvalue weighted by atomic mass is 16.5. The van der Waals surface area contributed by atoms with E-state index in [0.717, 1.165) is 0 Å². The summed E-state index contributed by atoms with van der Waals surface area (Å²) in [5.74, 6) is 0.740. The Morgan fingerprint density at radius 2 is 2.05 bits per heavy atom. The van der Waals surface area contributed by atoms with E-state index in [9.17, 15) is 4.79 Å². The van der Waals surface area contributed by atoms with Crippen molar-refractivity contribution in [3.8, 4) is 22.9 Å². The van der Waals surface area contributed by atoms with Crippen molar-refractivity contribution >= 4 is 5.97 Å². The Hall–Kier alpha value is -2.50. The first-order chi connectivity index (χ1) is 9.08. The lowest BCUT2D eigenvalue weighted by Crippen LogP contribution is -2.05. The number of nitrogens with zero attached hydrogens (tertiary/aromatic N) is 2. The highest BCUT2D eigenvalue weighted by molar-refractivity contribution is 5.86. The van der Waals surface area contributed by atoms with E-state index in [4.69, 9.17) is 14.6 Å². The normalized spacial score (nSPS) is 10.3. The van der Waals surface area contributed by atoms with Gasteiger partial charge >= 0.3 is 5.97 Å². The number of benzene rings is 1. The SMILES string of the molecule is COc1ccc(-c2ncc(C(=O)O)n2C)c(OC)c1. The van der Waals surface area contributed by atoms with Gasteiger partial charge in [0.1, 0.15) is 23.0 Å². The number of hydrogen-bond donors (Lipinski definition) is 1. The second-order valence-corrected chi connectivity index (χ2v) is 3.90. The van der Waals surface area contributed by atoms with E-state index in [1.165, 1.54) is 10.8 Å². The Balaban J connectivity index is 2.55. The molecule has 0 saturated heterocycles. The molecule has 0 amide bonds. The second-order valence-electron chi connectivity index (χ2n) is 3.90. The summed E-state index contributed by atoms with van der Waals surface area (Å²) in [7, 11) is 4.76. The molecule has 2 rings (SSSR count). The van der Waals surface area contributed by atoms with Crippen LogP contribution in [0.5, 0.6) is 11.5 Å². The molecule has 2 aromatic rings. The van der Waals surface area contributed by atoms with Crippen LogP contribution in [0, 0.1) is 0 Å². The molecule has 0 bridgehead atoms. The lowest BCUT2D eigenvalue weighted by molar-refractivity contribution is 0.0686. The fraction of sp³-hybridized carbons (Fsp3) is 0.231. The summed E-state index contributed by atoms with van der Waals surface area (Å²) in [6, 6.07) is 5.28. The summed E-state index contributed by atoms with van der Waals surface area (Å²) in [6.45, 7) is 0. The van der Waals surface area contributed by atoms with E-state index in [2.05, 4.69) is 4.98 Å². The van der Waals surface area contributed by atoms with Crippen LogP contribution in [0.1, 0.15) is 10.5 Å². The number of carboxylic acids is 1. The second kappa shape index (κ2) is 5.01. The first-order valence-electron chi connectivity index (χ1n) is 5.56. The monoisotopic (exact) mass is 262 g/mol. The predicted molar refractivity (Wildman–Crippen MR) is 68.7 cm³/mol. The fourth-order valence-corrected chi connectivity index (χ4v) is 1.84. The van der Waals surface area contributed by atoms with Gasteiger partial charge in [-0.25, -0.2) is 9.78 Å². The molecule has 19 heavy (non-hydrogen) atoms. The van der Waals surface area contributed by atoms with Crippen molar-refractivity contribution in [1.82, 2.24) is 9.55 Å². The van der Waals surface area contributed by atoms with Crippen molar-refractivity contribution in [1.29, 1.82) is 0 Å². The van der Waals surface area contributed by atoms with Crippen LogP contribution in [0.25, 0.3) is 11.4 Å². The molecular formula is C13H14N2O4. The summed E-state index contributed by atoms with van der Waals surface area (Å²) in [5.41, 5.74) is 0.825. The lowest BCUT2D eigenvalue weighted by Gasteiger charge is -2.10. The first kappa shape index (κ1) is 12.9. The zero-order chi connectivity index (χ0) is 14.0. The third-order valence-electron chi connectivity index (χ3n) is 2.86. The van der Waals surface area contributed by atoms with Crippen molar-refractivity contribution in [2.24, 2.45) is 7.05 Å². The molecule has 0 unspecified atom stereocenters. The van der Waals surface area contributed by atoms with Gasteiger partial charge in [0, 0.05) is 13.1 Å². The van der Waals surface area contributed by atoms with Crippen LogP contribution < -0.4 is 9.47 Å². The number of aromatic nitrogens is 2. The zero-order valence-corrected chi connectivity index (χ0v) is 10.9. The summed E-state index contributed by atoms with van der Waals surface area (Å²) < 4.78 is 11.9. The lowest BCUT2D eigenvalue weighted by atomic mass is 10.1. The number of methoxy groups -OCH3 is 2. The minimum Gasteiger partial charge on any atom is -0.497 e. The van der Waals surface area contributed by atoms with E-state index in [-0.39, 0.29) is 5.69 Å². The predicted octanol–water partition coefficient (Wildman–Crippen LogP) is 1.80. The Kier molecular flexibility index (Phi) is 3.41. The summed E-state index contributed by atoms with van der Waals surface area (Å²) >= 11 is 0. The highest BCUT2D eigenvalue weighted by Crippen LogP contribution is 2.32. The van der Waals surface area contributed by atoms with E-state index in [1.54, 1.807) is 39.5 Å². The standard InChI is InChI=1S/C13H14N2O4/c1-15-10(13(16)17)7-14-12(15)9-5-4-8(18-2)6-11(9)19-3/h4-7H,1-3H3,(H,16,17). The van der Waals surface area contributed by atoms with Crippen LogP contribution in [-0.4, -0.2) is 34.8 Å². The molecule has 1 heterocycles. The van der Waals surface area contributed by atoms with Crippen LogP contribution in [0.3, 0.4) is 0 Å². The topological polar surface area (TPSA) is 73.6 Å². The maximum atomic E-state index is 11.0. The van der Waals surface area contributed by atoms with Crippen molar-refractivity contribution in [2.45, 2.75) is 0 Å². The van der Waals surface area contributed by atoms with E-state index in [0.29, 0.717) is 22.9 Å². The Bertz CT molecular complexity index is 619. The zero-order valence-electron chi connectivity index (χ0n) is 10.9. The van der Waals surface area contributed by atoms with E-state index in [1.807, 2.05) is 0 Å².